The van der Waals surface area contributed by atoms with Crippen LogP contribution in [0, 0.1) is 6.92 Å². The zero-order valence-corrected chi connectivity index (χ0v) is 14.9. The quantitative estimate of drug-likeness (QED) is 0.699. The molecule has 0 saturated carbocycles. The second-order valence-corrected chi connectivity index (χ2v) is 6.84. The predicted molar refractivity (Wildman–Crippen MR) is 95.1 cm³/mol. The molecule has 2 aliphatic rings. The first kappa shape index (κ1) is 16.4. The fraction of sp³-hybridized carbons (Fsp3) is 0.529. The number of rotatable bonds is 1. The van der Waals surface area contributed by atoms with Gasteiger partial charge in [-0.05, 0) is 13.3 Å². The molecular formula is C17H20FN7O2. The Kier molecular flexibility index (Phi) is 3.92. The van der Waals surface area contributed by atoms with Gasteiger partial charge in [-0.15, -0.1) is 5.10 Å². The Morgan fingerprint density at radius 3 is 3.11 bits per heavy atom. The van der Waals surface area contributed by atoms with Crippen molar-refractivity contribution in [2.45, 2.75) is 38.5 Å². The summed E-state index contributed by atoms with van der Waals surface area (Å²) in [5.74, 6) is 0.854. The minimum Gasteiger partial charge on any atom is -0.475 e. The van der Waals surface area contributed by atoms with Crippen LogP contribution in [-0.2, 0) is 11.3 Å². The van der Waals surface area contributed by atoms with E-state index >= 15 is 0 Å². The lowest BCUT2D eigenvalue weighted by Crippen LogP contribution is -2.31. The number of anilines is 2. The molecule has 0 aromatic carbocycles. The minimum atomic E-state index is -1.09. The number of nitrogens with one attached hydrogen (secondary N) is 1. The molecule has 0 radical (unpaired) electrons. The van der Waals surface area contributed by atoms with Crippen molar-refractivity contribution in [1.29, 1.82) is 0 Å². The molecule has 1 N–H and O–H groups in total. The van der Waals surface area contributed by atoms with Crippen molar-refractivity contribution in [3.05, 3.63) is 18.1 Å². The van der Waals surface area contributed by atoms with Crippen LogP contribution >= 0.6 is 0 Å². The van der Waals surface area contributed by atoms with Gasteiger partial charge >= 0.3 is 0 Å². The first-order valence-corrected chi connectivity index (χ1v) is 9.10. The minimum absolute atomic E-state index is 0.0899. The topological polar surface area (TPSA) is 91.9 Å². The Hall–Kier alpha value is -2.75. The van der Waals surface area contributed by atoms with Gasteiger partial charge in [0.2, 0.25) is 5.95 Å². The third-order valence-electron chi connectivity index (χ3n) is 4.96. The number of halogens is 1. The van der Waals surface area contributed by atoms with Crippen LogP contribution in [0.4, 0.5) is 16.0 Å². The molecule has 0 unspecified atom stereocenters. The van der Waals surface area contributed by atoms with Crippen molar-refractivity contribution >= 4 is 22.7 Å². The van der Waals surface area contributed by atoms with Gasteiger partial charge in [0.25, 0.3) is 5.88 Å². The highest BCUT2D eigenvalue weighted by molar-refractivity contribution is 5.78. The lowest BCUT2D eigenvalue weighted by atomic mass is 10.1. The van der Waals surface area contributed by atoms with Gasteiger partial charge in [0, 0.05) is 25.8 Å². The molecule has 0 aliphatic carbocycles. The molecule has 5 rings (SSSR count). The molecule has 9 nitrogen and oxygen atoms in total. The van der Waals surface area contributed by atoms with E-state index in [0.717, 1.165) is 23.1 Å². The Morgan fingerprint density at radius 1 is 1.30 bits per heavy atom. The summed E-state index contributed by atoms with van der Waals surface area (Å²) in [5.41, 5.74) is 2.31. The summed E-state index contributed by atoms with van der Waals surface area (Å²) < 4.78 is 28.8. The highest BCUT2D eigenvalue weighted by Crippen LogP contribution is 2.31. The molecule has 1 fully saturated rings. The van der Waals surface area contributed by atoms with Gasteiger partial charge < -0.3 is 14.8 Å². The van der Waals surface area contributed by atoms with E-state index in [0.29, 0.717) is 43.7 Å². The fourth-order valence-electron chi connectivity index (χ4n) is 3.55. The van der Waals surface area contributed by atoms with Gasteiger partial charge in [-0.1, -0.05) is 0 Å². The normalized spacial score (nSPS) is 22.7. The number of aryl methyl sites for hydroxylation is 2. The maximum Gasteiger partial charge on any atom is 0.256 e. The maximum atomic E-state index is 14.3. The fourth-order valence-corrected chi connectivity index (χ4v) is 3.55. The van der Waals surface area contributed by atoms with Gasteiger partial charge in [-0.3, -0.25) is 4.68 Å². The summed E-state index contributed by atoms with van der Waals surface area (Å²) in [6.45, 7) is 3.71. The van der Waals surface area contributed by atoms with Crippen LogP contribution in [0.2, 0.25) is 0 Å². The zero-order valence-electron chi connectivity index (χ0n) is 14.9. The Morgan fingerprint density at radius 2 is 2.22 bits per heavy atom. The van der Waals surface area contributed by atoms with Crippen LogP contribution in [0.3, 0.4) is 0 Å². The number of fused-ring (bicyclic) bond motifs is 2. The van der Waals surface area contributed by atoms with E-state index in [1.54, 1.807) is 17.1 Å². The molecular weight excluding hydrogens is 353 g/mol. The van der Waals surface area contributed by atoms with Gasteiger partial charge in [0.05, 0.1) is 36.5 Å². The third kappa shape index (κ3) is 2.89. The van der Waals surface area contributed by atoms with E-state index in [4.69, 9.17) is 9.47 Å². The van der Waals surface area contributed by atoms with E-state index in [-0.39, 0.29) is 12.6 Å². The Labute approximate surface area is 154 Å². The van der Waals surface area contributed by atoms with E-state index in [2.05, 4.69) is 25.5 Å². The van der Waals surface area contributed by atoms with Crippen LogP contribution in [0.1, 0.15) is 24.6 Å². The van der Waals surface area contributed by atoms with E-state index in [9.17, 15) is 4.39 Å². The highest BCUT2D eigenvalue weighted by Gasteiger charge is 2.29. The molecule has 2 aliphatic heterocycles. The molecule has 0 amide bonds. The second-order valence-electron chi connectivity index (χ2n) is 6.84. The second kappa shape index (κ2) is 6.45. The largest absolute Gasteiger partial charge is 0.475 e. The summed E-state index contributed by atoms with van der Waals surface area (Å²) in [5, 5.41) is 13.1. The summed E-state index contributed by atoms with van der Waals surface area (Å²) in [6.07, 6.45) is 3.75. The van der Waals surface area contributed by atoms with E-state index in [1.165, 1.54) is 0 Å². The molecule has 27 heavy (non-hydrogen) atoms. The number of alkyl halides is 1. The van der Waals surface area contributed by atoms with Crippen molar-refractivity contribution in [3.63, 3.8) is 0 Å². The van der Waals surface area contributed by atoms with Gasteiger partial charge in [-0.25, -0.2) is 14.1 Å². The smallest absolute Gasteiger partial charge is 0.256 e. The number of ether oxygens (including phenoxy) is 2. The number of hydrogen-bond acceptors (Lipinski definition) is 7. The lowest BCUT2D eigenvalue weighted by molar-refractivity contribution is -0.000436. The average Bonchev–Trinajstić information content (AvgIpc) is 3.19. The molecule has 1 saturated heterocycles. The maximum absolute atomic E-state index is 14.3. The summed E-state index contributed by atoms with van der Waals surface area (Å²) in [6, 6.07) is -0.364. The van der Waals surface area contributed by atoms with Crippen molar-refractivity contribution in [2.24, 2.45) is 0 Å². The summed E-state index contributed by atoms with van der Waals surface area (Å²) >= 11 is 0. The van der Waals surface area contributed by atoms with Crippen LogP contribution in [0.15, 0.2) is 12.4 Å². The van der Waals surface area contributed by atoms with Crippen LogP contribution in [-0.4, -0.2) is 55.5 Å². The molecule has 0 spiro atoms. The summed E-state index contributed by atoms with van der Waals surface area (Å²) in [4.78, 5) is 8.99. The molecule has 3 aromatic rings. The first-order chi connectivity index (χ1) is 13.2. The molecule has 142 valence electrons. The summed E-state index contributed by atoms with van der Waals surface area (Å²) in [7, 11) is 0. The zero-order chi connectivity index (χ0) is 18.4. The van der Waals surface area contributed by atoms with Crippen molar-refractivity contribution < 1.29 is 13.9 Å². The molecule has 10 heteroatoms. The predicted octanol–water partition coefficient (Wildman–Crippen LogP) is 2.16. The van der Waals surface area contributed by atoms with E-state index < -0.39 is 6.17 Å². The van der Waals surface area contributed by atoms with Crippen LogP contribution < -0.4 is 10.1 Å². The number of nitrogens with zero attached hydrogens (tertiary/aromatic N) is 6. The molecule has 2 atom stereocenters. The number of aromatic nitrogens is 6. The van der Waals surface area contributed by atoms with Gasteiger partial charge in [0.1, 0.15) is 11.9 Å². The highest BCUT2D eigenvalue weighted by atomic mass is 19.1. The molecule has 3 aromatic heterocycles. The standard InChI is InChI=1S/C17H20FN7O2/c1-10-11-7-19-17-20-13-8-25(14-3-6-26-9-12(14)18)23-16(13)27-5-2-4-24(22-10)15(11)21-17/h7-8,12,14H,2-6,9H2,1H3,(H,19,20,21)/t12-,14-/m0/s1. The third-order valence-corrected chi connectivity index (χ3v) is 4.96. The van der Waals surface area contributed by atoms with Gasteiger partial charge in [-0.2, -0.15) is 10.1 Å². The first-order valence-electron chi connectivity index (χ1n) is 9.10. The molecule has 5 heterocycles. The van der Waals surface area contributed by atoms with Crippen molar-refractivity contribution in [3.8, 4) is 5.88 Å². The lowest BCUT2D eigenvalue weighted by Gasteiger charge is -2.26. The average molecular weight is 373 g/mol. The number of hydrogen-bond donors (Lipinski definition) is 1. The monoisotopic (exact) mass is 373 g/mol. The Balaban J connectivity index is 1.53. The van der Waals surface area contributed by atoms with Gasteiger partial charge in [0.15, 0.2) is 5.65 Å². The van der Waals surface area contributed by atoms with Crippen LogP contribution in [0.25, 0.3) is 11.0 Å². The molecule has 2 bridgehead atoms. The van der Waals surface area contributed by atoms with Crippen molar-refractivity contribution in [2.75, 3.05) is 25.1 Å². The van der Waals surface area contributed by atoms with E-state index in [1.807, 2.05) is 11.6 Å². The van der Waals surface area contributed by atoms with Crippen LogP contribution in [0.5, 0.6) is 5.88 Å². The SMILES string of the molecule is Cc1nn2c3nc(ncc13)Nc1cn([C@H]3CCOC[C@@H]3F)nc1OCCC2. The van der Waals surface area contributed by atoms with Crippen molar-refractivity contribution in [1.82, 2.24) is 29.5 Å². The Bertz CT molecular complexity index is 985.